The van der Waals surface area contributed by atoms with Crippen LogP contribution in [0.2, 0.25) is 0 Å². The number of carboxylic acids is 1. The van der Waals surface area contributed by atoms with Crippen LogP contribution in [0.25, 0.3) is 0 Å². The summed E-state index contributed by atoms with van der Waals surface area (Å²) >= 11 is 0. The van der Waals surface area contributed by atoms with Gasteiger partial charge in [0.05, 0.1) is 13.0 Å². The summed E-state index contributed by atoms with van der Waals surface area (Å²) in [5.74, 6) is -0.431. The summed E-state index contributed by atoms with van der Waals surface area (Å²) in [6, 6.07) is 5.77. The van der Waals surface area contributed by atoms with Crippen LogP contribution in [-0.2, 0) is 16.0 Å². The molecule has 1 heterocycles. The second-order valence-electron chi connectivity index (χ2n) is 6.13. The number of fused-ring (bicyclic) bond motifs is 1. The Labute approximate surface area is 129 Å². The Kier molecular flexibility index (Phi) is 4.05. The van der Waals surface area contributed by atoms with Crippen LogP contribution in [0.15, 0.2) is 18.2 Å². The number of rotatable bonds is 3. The predicted octanol–water partition coefficient (Wildman–Crippen LogP) is 2.48. The van der Waals surface area contributed by atoms with E-state index in [1.165, 1.54) is 0 Å². The summed E-state index contributed by atoms with van der Waals surface area (Å²) in [6.45, 7) is 0.676. The summed E-state index contributed by atoms with van der Waals surface area (Å²) in [5.41, 5.74) is 2.07. The van der Waals surface area contributed by atoms with Crippen molar-refractivity contribution in [3.05, 3.63) is 23.8 Å². The lowest BCUT2D eigenvalue weighted by molar-refractivity contribution is -0.143. The molecule has 0 aromatic heterocycles. The minimum atomic E-state index is -0.774. The largest absolute Gasteiger partial charge is 0.497 e. The van der Waals surface area contributed by atoms with Crippen molar-refractivity contribution in [2.45, 2.75) is 32.1 Å². The number of methoxy groups -OCH3 is 1. The van der Waals surface area contributed by atoms with Gasteiger partial charge in [0.2, 0.25) is 5.91 Å². The van der Waals surface area contributed by atoms with E-state index >= 15 is 0 Å². The highest BCUT2D eigenvalue weighted by Gasteiger charge is 2.35. The summed E-state index contributed by atoms with van der Waals surface area (Å²) in [7, 11) is 1.63. The Bertz CT molecular complexity index is 598. The molecule has 1 aliphatic heterocycles. The summed E-state index contributed by atoms with van der Waals surface area (Å²) in [6.07, 6.45) is 3.59. The standard InChI is InChI=1S/C17H21NO4/c1-22-14-5-6-15-11(10-14)7-8-18(15)16(19)12-3-2-4-13(9-12)17(20)21/h5-6,10,12-13H,2-4,7-9H2,1H3,(H,20,21)/t12-,13-/m1/s1. The van der Waals surface area contributed by atoms with E-state index in [0.29, 0.717) is 19.4 Å². The maximum absolute atomic E-state index is 12.8. The third-order valence-electron chi connectivity index (χ3n) is 4.82. The second kappa shape index (κ2) is 5.99. The van der Waals surface area contributed by atoms with Crippen molar-refractivity contribution in [3.8, 4) is 5.75 Å². The van der Waals surface area contributed by atoms with E-state index in [1.54, 1.807) is 7.11 Å². The van der Waals surface area contributed by atoms with Crippen LogP contribution in [0.4, 0.5) is 5.69 Å². The number of carbonyl (C=O) groups is 2. The molecule has 0 saturated heterocycles. The fraction of sp³-hybridized carbons (Fsp3) is 0.529. The summed E-state index contributed by atoms with van der Waals surface area (Å²) in [5, 5.41) is 9.18. The normalized spacial score (nSPS) is 24.0. The molecular weight excluding hydrogens is 282 g/mol. The van der Waals surface area contributed by atoms with Crippen LogP contribution < -0.4 is 9.64 Å². The van der Waals surface area contributed by atoms with E-state index < -0.39 is 5.97 Å². The Morgan fingerprint density at radius 3 is 2.77 bits per heavy atom. The van der Waals surface area contributed by atoms with Gasteiger partial charge in [0.15, 0.2) is 0 Å². The molecule has 1 aliphatic carbocycles. The third kappa shape index (κ3) is 2.67. The lowest BCUT2D eigenvalue weighted by Gasteiger charge is -2.29. The number of anilines is 1. The minimum absolute atomic E-state index is 0.0786. The molecular formula is C17H21NO4. The summed E-state index contributed by atoms with van der Waals surface area (Å²) < 4.78 is 5.22. The quantitative estimate of drug-likeness (QED) is 0.931. The SMILES string of the molecule is COc1ccc2c(c1)CCN2C(=O)[C@@H]1CCC[C@@H](C(=O)O)C1. The van der Waals surface area contributed by atoms with E-state index in [4.69, 9.17) is 4.74 Å². The van der Waals surface area contributed by atoms with Crippen molar-refractivity contribution < 1.29 is 19.4 Å². The number of carboxylic acid groups (broad SMARTS) is 1. The van der Waals surface area contributed by atoms with Gasteiger partial charge >= 0.3 is 5.97 Å². The molecule has 3 rings (SSSR count). The number of nitrogens with zero attached hydrogens (tertiary/aromatic N) is 1. The molecule has 1 saturated carbocycles. The minimum Gasteiger partial charge on any atom is -0.497 e. The van der Waals surface area contributed by atoms with Crippen molar-refractivity contribution in [2.24, 2.45) is 11.8 Å². The number of ether oxygens (including phenoxy) is 1. The molecule has 118 valence electrons. The van der Waals surface area contributed by atoms with Gasteiger partial charge in [0, 0.05) is 18.2 Å². The summed E-state index contributed by atoms with van der Waals surface area (Å²) in [4.78, 5) is 25.8. The Morgan fingerprint density at radius 2 is 2.05 bits per heavy atom. The number of benzene rings is 1. The Hall–Kier alpha value is -2.04. The first kappa shape index (κ1) is 14.9. The fourth-order valence-electron chi connectivity index (χ4n) is 3.59. The Balaban J connectivity index is 1.76. The number of amides is 1. The van der Waals surface area contributed by atoms with E-state index in [9.17, 15) is 14.7 Å². The first-order chi connectivity index (χ1) is 10.6. The second-order valence-corrected chi connectivity index (χ2v) is 6.13. The molecule has 2 aliphatic rings. The van der Waals surface area contributed by atoms with Crippen LogP contribution in [0, 0.1) is 11.8 Å². The van der Waals surface area contributed by atoms with Crippen molar-refractivity contribution in [3.63, 3.8) is 0 Å². The molecule has 1 fully saturated rings. The van der Waals surface area contributed by atoms with Gasteiger partial charge in [-0.2, -0.15) is 0 Å². The first-order valence-corrected chi connectivity index (χ1v) is 7.81. The zero-order valence-corrected chi connectivity index (χ0v) is 12.7. The number of carbonyl (C=O) groups excluding carboxylic acids is 1. The average molecular weight is 303 g/mol. The van der Waals surface area contributed by atoms with Gasteiger partial charge in [0.25, 0.3) is 0 Å². The molecule has 0 unspecified atom stereocenters. The van der Waals surface area contributed by atoms with Gasteiger partial charge in [-0.15, -0.1) is 0 Å². The molecule has 0 spiro atoms. The number of hydrogen-bond acceptors (Lipinski definition) is 3. The zero-order chi connectivity index (χ0) is 15.7. The molecule has 2 atom stereocenters. The van der Waals surface area contributed by atoms with E-state index in [0.717, 1.165) is 36.3 Å². The van der Waals surface area contributed by atoms with Crippen LogP contribution in [0.5, 0.6) is 5.75 Å². The highest BCUT2D eigenvalue weighted by molar-refractivity contribution is 5.97. The highest BCUT2D eigenvalue weighted by atomic mass is 16.5. The smallest absolute Gasteiger partial charge is 0.306 e. The number of hydrogen-bond donors (Lipinski definition) is 1. The van der Waals surface area contributed by atoms with Gasteiger partial charge in [0.1, 0.15) is 5.75 Å². The van der Waals surface area contributed by atoms with E-state index in [2.05, 4.69) is 0 Å². The fourth-order valence-corrected chi connectivity index (χ4v) is 3.59. The third-order valence-corrected chi connectivity index (χ3v) is 4.82. The van der Waals surface area contributed by atoms with Crippen molar-refractivity contribution in [1.29, 1.82) is 0 Å². The van der Waals surface area contributed by atoms with Gasteiger partial charge in [-0.1, -0.05) is 6.42 Å². The predicted molar refractivity (Wildman–Crippen MR) is 82.1 cm³/mol. The molecule has 1 aromatic carbocycles. The lowest BCUT2D eigenvalue weighted by atomic mass is 9.80. The molecule has 0 bridgehead atoms. The Morgan fingerprint density at radius 1 is 1.27 bits per heavy atom. The van der Waals surface area contributed by atoms with Gasteiger partial charge in [-0.3, -0.25) is 9.59 Å². The maximum atomic E-state index is 12.8. The molecule has 1 aromatic rings. The molecule has 5 nitrogen and oxygen atoms in total. The van der Waals surface area contributed by atoms with Crippen LogP contribution in [0.3, 0.4) is 0 Å². The van der Waals surface area contributed by atoms with Gasteiger partial charge in [-0.25, -0.2) is 0 Å². The van der Waals surface area contributed by atoms with Crippen molar-refractivity contribution in [2.75, 3.05) is 18.6 Å². The van der Waals surface area contributed by atoms with Crippen LogP contribution >= 0.6 is 0 Å². The topological polar surface area (TPSA) is 66.8 Å². The monoisotopic (exact) mass is 303 g/mol. The van der Waals surface area contributed by atoms with Crippen LogP contribution in [0.1, 0.15) is 31.2 Å². The van der Waals surface area contributed by atoms with Crippen LogP contribution in [-0.4, -0.2) is 30.6 Å². The molecule has 5 heteroatoms. The zero-order valence-electron chi connectivity index (χ0n) is 12.7. The molecule has 0 radical (unpaired) electrons. The molecule has 22 heavy (non-hydrogen) atoms. The van der Waals surface area contributed by atoms with Crippen molar-refractivity contribution in [1.82, 2.24) is 0 Å². The van der Waals surface area contributed by atoms with E-state index in [-0.39, 0.29) is 17.7 Å². The van der Waals surface area contributed by atoms with Gasteiger partial charge in [-0.05, 0) is 49.4 Å². The first-order valence-electron chi connectivity index (χ1n) is 7.81. The maximum Gasteiger partial charge on any atom is 0.306 e. The van der Waals surface area contributed by atoms with Crippen molar-refractivity contribution >= 4 is 17.6 Å². The van der Waals surface area contributed by atoms with E-state index in [1.807, 2.05) is 23.1 Å². The highest BCUT2D eigenvalue weighted by Crippen LogP contribution is 2.36. The molecule has 1 amide bonds. The molecule has 1 N–H and O–H groups in total. The lowest BCUT2D eigenvalue weighted by Crippen LogP contribution is -2.38. The van der Waals surface area contributed by atoms with Gasteiger partial charge < -0.3 is 14.7 Å². The average Bonchev–Trinajstić information content (AvgIpc) is 2.97. The number of aliphatic carboxylic acids is 1.